The fourth-order valence-corrected chi connectivity index (χ4v) is 3.99. The molecule has 0 aliphatic rings. The maximum Gasteiger partial charge on any atom is 0.167 e. The van der Waals surface area contributed by atoms with Crippen LogP contribution in [0.2, 0.25) is 10.0 Å². The molecular weight excluding hydrogens is 429 g/mol. The van der Waals surface area contributed by atoms with Crippen molar-refractivity contribution in [3.05, 3.63) is 87.5 Å². The lowest BCUT2D eigenvalue weighted by molar-refractivity contribution is 0.416. The number of hydrogen-bond donors (Lipinski definition) is 0. The van der Waals surface area contributed by atoms with Crippen molar-refractivity contribution >= 4 is 23.2 Å². The van der Waals surface area contributed by atoms with Crippen molar-refractivity contribution in [3.63, 3.8) is 0 Å². The van der Waals surface area contributed by atoms with Crippen LogP contribution in [0.3, 0.4) is 0 Å². The zero-order valence-corrected chi connectivity index (χ0v) is 18.8. The number of aryl methyl sites for hydroxylation is 2. The lowest BCUT2D eigenvalue weighted by atomic mass is 10.1. The van der Waals surface area contributed by atoms with Crippen molar-refractivity contribution < 1.29 is 4.74 Å². The predicted molar refractivity (Wildman–Crippen MR) is 125 cm³/mol. The summed E-state index contributed by atoms with van der Waals surface area (Å²) >= 11 is 12.7. The van der Waals surface area contributed by atoms with Crippen LogP contribution in [0.5, 0.6) is 5.75 Å². The number of halogens is 2. The molecule has 0 amide bonds. The molecule has 0 aliphatic heterocycles. The molecule has 0 saturated heterocycles. The van der Waals surface area contributed by atoms with Crippen LogP contribution in [0.25, 0.3) is 28.3 Å². The van der Waals surface area contributed by atoms with Crippen molar-refractivity contribution in [2.75, 3.05) is 7.11 Å². The highest BCUT2D eigenvalue weighted by molar-refractivity contribution is 6.31. The lowest BCUT2D eigenvalue weighted by Gasteiger charge is -2.17. The van der Waals surface area contributed by atoms with E-state index < -0.39 is 0 Å². The van der Waals surface area contributed by atoms with E-state index in [0.29, 0.717) is 32.9 Å². The molecule has 0 N–H and O–H groups in total. The van der Waals surface area contributed by atoms with Crippen molar-refractivity contribution in [1.82, 2.24) is 9.55 Å². The summed E-state index contributed by atoms with van der Waals surface area (Å²) in [7, 11) is 1.59. The number of rotatable bonds is 4. The number of benzene rings is 3. The number of ether oxygens (including phenoxy) is 1. The van der Waals surface area contributed by atoms with Gasteiger partial charge in [0, 0.05) is 21.2 Å². The zero-order valence-electron chi connectivity index (χ0n) is 17.3. The Balaban J connectivity index is 2.17. The van der Waals surface area contributed by atoms with Gasteiger partial charge in [0.2, 0.25) is 0 Å². The Morgan fingerprint density at radius 3 is 2.42 bits per heavy atom. The first kappa shape index (κ1) is 21.0. The number of aromatic nitrogens is 2. The Bertz CT molecular complexity index is 1340. The lowest BCUT2D eigenvalue weighted by Crippen LogP contribution is -2.03. The van der Waals surface area contributed by atoms with Gasteiger partial charge in [-0.1, -0.05) is 53.0 Å². The van der Waals surface area contributed by atoms with E-state index in [0.717, 1.165) is 22.4 Å². The summed E-state index contributed by atoms with van der Waals surface area (Å²) in [6.07, 6.45) is 0. The highest BCUT2D eigenvalue weighted by atomic mass is 35.5. The van der Waals surface area contributed by atoms with Gasteiger partial charge in [0.15, 0.2) is 5.69 Å². The molecule has 1 aromatic heterocycles. The quantitative estimate of drug-likeness (QED) is 0.337. The summed E-state index contributed by atoms with van der Waals surface area (Å²) in [5, 5.41) is 11.1. The highest BCUT2D eigenvalue weighted by Gasteiger charge is 2.25. The molecule has 4 aromatic rings. The average molecular weight is 448 g/mol. The van der Waals surface area contributed by atoms with Gasteiger partial charge in [-0.05, 0) is 55.8 Å². The van der Waals surface area contributed by atoms with Crippen LogP contribution in [0, 0.1) is 25.2 Å². The Labute approximate surface area is 191 Å². The van der Waals surface area contributed by atoms with Crippen LogP contribution >= 0.6 is 23.2 Å². The summed E-state index contributed by atoms with van der Waals surface area (Å²) in [6.45, 7) is 4.02. The third kappa shape index (κ3) is 3.90. The summed E-state index contributed by atoms with van der Waals surface area (Å²) < 4.78 is 7.56. The summed E-state index contributed by atoms with van der Waals surface area (Å²) in [5.41, 5.74) is 5.35. The molecule has 154 valence electrons. The Hall–Kier alpha value is -3.26. The van der Waals surface area contributed by atoms with Crippen LogP contribution in [0.4, 0.5) is 0 Å². The largest absolute Gasteiger partial charge is 0.496 e. The predicted octanol–water partition coefficient (Wildman–Crippen LogP) is 7.01. The second kappa shape index (κ2) is 8.47. The smallest absolute Gasteiger partial charge is 0.167 e. The molecule has 0 fully saturated rings. The van der Waals surface area contributed by atoms with E-state index >= 15 is 0 Å². The fourth-order valence-electron chi connectivity index (χ4n) is 3.65. The number of imidazole rings is 1. The topological polar surface area (TPSA) is 50.8 Å². The first-order valence-electron chi connectivity index (χ1n) is 9.63. The van der Waals surface area contributed by atoms with E-state index in [-0.39, 0.29) is 5.69 Å². The molecule has 0 unspecified atom stereocenters. The molecule has 0 bridgehead atoms. The molecule has 6 heteroatoms. The molecule has 0 aliphatic carbocycles. The molecule has 4 rings (SSSR count). The zero-order chi connectivity index (χ0) is 22.1. The molecule has 0 radical (unpaired) electrons. The van der Waals surface area contributed by atoms with E-state index in [1.54, 1.807) is 25.3 Å². The van der Waals surface area contributed by atoms with Crippen LogP contribution in [0.1, 0.15) is 16.8 Å². The number of hydrogen-bond acceptors (Lipinski definition) is 3. The van der Waals surface area contributed by atoms with Crippen LogP contribution in [-0.2, 0) is 0 Å². The monoisotopic (exact) mass is 447 g/mol. The van der Waals surface area contributed by atoms with Gasteiger partial charge >= 0.3 is 0 Å². The van der Waals surface area contributed by atoms with Gasteiger partial charge < -0.3 is 4.74 Å². The van der Waals surface area contributed by atoms with E-state index in [1.165, 1.54) is 0 Å². The Morgan fingerprint density at radius 2 is 1.71 bits per heavy atom. The first-order valence-corrected chi connectivity index (χ1v) is 10.4. The third-order valence-electron chi connectivity index (χ3n) is 5.09. The van der Waals surface area contributed by atoms with E-state index in [2.05, 4.69) is 6.07 Å². The van der Waals surface area contributed by atoms with Gasteiger partial charge in [-0.3, -0.25) is 4.57 Å². The first-order chi connectivity index (χ1) is 14.9. The summed E-state index contributed by atoms with van der Waals surface area (Å²) in [6, 6.07) is 21.3. The SMILES string of the molecule is COc1ccc(Cl)cc1-c1c(C#N)nc(-c2cccc(C)c2)n1-c1cc(Cl)ccc1C. The van der Waals surface area contributed by atoms with Crippen LogP contribution < -0.4 is 4.74 Å². The minimum atomic E-state index is 0.274. The molecular formula is C25H19Cl2N3O. The fraction of sp³-hybridized carbons (Fsp3) is 0.120. The minimum absolute atomic E-state index is 0.274. The van der Waals surface area contributed by atoms with Gasteiger partial charge in [-0.25, -0.2) is 4.98 Å². The van der Waals surface area contributed by atoms with Gasteiger partial charge in [0.05, 0.1) is 18.5 Å². The van der Waals surface area contributed by atoms with E-state index in [1.807, 2.05) is 60.9 Å². The standard InChI is InChI=1S/C25H19Cl2N3O/c1-15-5-4-6-17(11-15)25-29-21(14-28)24(20-12-18(26)9-10-23(20)31-3)30(25)22-13-19(27)8-7-16(22)2/h4-13H,1-3H3. The second-order valence-electron chi connectivity index (χ2n) is 7.22. The molecule has 3 aromatic carbocycles. The van der Waals surface area contributed by atoms with Crippen molar-refractivity contribution in [1.29, 1.82) is 5.26 Å². The number of methoxy groups -OCH3 is 1. The average Bonchev–Trinajstić information content (AvgIpc) is 3.14. The van der Waals surface area contributed by atoms with Crippen LogP contribution in [-0.4, -0.2) is 16.7 Å². The molecule has 0 spiro atoms. The van der Waals surface area contributed by atoms with E-state index in [4.69, 9.17) is 32.9 Å². The van der Waals surface area contributed by atoms with E-state index in [9.17, 15) is 5.26 Å². The second-order valence-corrected chi connectivity index (χ2v) is 8.10. The van der Waals surface area contributed by atoms with Crippen LogP contribution in [0.15, 0.2) is 60.7 Å². The summed E-state index contributed by atoms with van der Waals surface area (Å²) in [5.74, 6) is 1.24. The van der Waals surface area contributed by atoms with Gasteiger partial charge in [0.1, 0.15) is 17.6 Å². The van der Waals surface area contributed by atoms with Crippen molar-refractivity contribution in [2.45, 2.75) is 13.8 Å². The normalized spacial score (nSPS) is 10.7. The summed E-state index contributed by atoms with van der Waals surface area (Å²) in [4.78, 5) is 4.73. The third-order valence-corrected chi connectivity index (χ3v) is 5.56. The van der Waals surface area contributed by atoms with Gasteiger partial charge in [-0.15, -0.1) is 0 Å². The minimum Gasteiger partial charge on any atom is -0.496 e. The number of nitriles is 1. The Kier molecular flexibility index (Phi) is 5.73. The maximum absolute atomic E-state index is 10.00. The maximum atomic E-state index is 10.00. The molecule has 4 nitrogen and oxygen atoms in total. The van der Waals surface area contributed by atoms with Crippen molar-refractivity contribution in [3.8, 4) is 40.2 Å². The van der Waals surface area contributed by atoms with Gasteiger partial charge in [0.25, 0.3) is 0 Å². The highest BCUT2D eigenvalue weighted by Crippen LogP contribution is 2.40. The molecule has 0 saturated carbocycles. The van der Waals surface area contributed by atoms with Gasteiger partial charge in [-0.2, -0.15) is 5.26 Å². The van der Waals surface area contributed by atoms with Crippen molar-refractivity contribution in [2.24, 2.45) is 0 Å². The Morgan fingerprint density at radius 1 is 0.968 bits per heavy atom. The molecule has 31 heavy (non-hydrogen) atoms. The number of nitrogens with zero attached hydrogens (tertiary/aromatic N) is 3. The molecule has 0 atom stereocenters. The molecule has 1 heterocycles.